The second-order valence-electron chi connectivity index (χ2n) is 5.65. The maximum Gasteiger partial charge on any atom is 2.00 e. The molecular formula is C16H22Ti. The van der Waals surface area contributed by atoms with Gasteiger partial charge in [0.25, 0.3) is 0 Å². The molecule has 0 fully saturated rings. The van der Waals surface area contributed by atoms with E-state index in [0.29, 0.717) is 0 Å². The van der Waals surface area contributed by atoms with Gasteiger partial charge in [-0.05, 0) is 0 Å². The molecule has 0 aliphatic heterocycles. The van der Waals surface area contributed by atoms with Crippen molar-refractivity contribution in [2.24, 2.45) is 10.8 Å². The molecule has 0 saturated carbocycles. The van der Waals surface area contributed by atoms with Crippen LogP contribution in [0.1, 0.15) is 40.5 Å². The SMILES string of the molecule is CC1(C)[C-]=CC=CC1.CC1(C)[C-]=CC=CC1.[Ti+2]. The van der Waals surface area contributed by atoms with Crippen LogP contribution < -0.4 is 0 Å². The molecule has 0 saturated heterocycles. The van der Waals surface area contributed by atoms with E-state index in [9.17, 15) is 0 Å². The Morgan fingerprint density at radius 2 is 1.12 bits per heavy atom. The van der Waals surface area contributed by atoms with Gasteiger partial charge in [-0.1, -0.05) is 51.4 Å². The molecule has 2 aliphatic carbocycles. The Hall–Kier alpha value is -0.326. The topological polar surface area (TPSA) is 0 Å². The van der Waals surface area contributed by atoms with Crippen molar-refractivity contribution in [1.29, 1.82) is 0 Å². The van der Waals surface area contributed by atoms with Crippen molar-refractivity contribution in [3.05, 3.63) is 48.6 Å². The third-order valence-electron chi connectivity index (χ3n) is 2.67. The van der Waals surface area contributed by atoms with E-state index in [-0.39, 0.29) is 32.5 Å². The van der Waals surface area contributed by atoms with Crippen molar-refractivity contribution in [3.8, 4) is 0 Å². The first-order valence-corrected chi connectivity index (χ1v) is 5.93. The standard InChI is InChI=1S/2C8H11.Ti/c2*1-8(2)6-4-3-5-7-8;/h2*3-5H,6H2,1-2H3;/q2*-1;+2. The Balaban J connectivity index is 0.000000284. The van der Waals surface area contributed by atoms with Crippen molar-refractivity contribution in [3.63, 3.8) is 0 Å². The molecule has 2 aliphatic rings. The van der Waals surface area contributed by atoms with Crippen LogP contribution in [0.25, 0.3) is 0 Å². The first-order valence-electron chi connectivity index (χ1n) is 5.93. The van der Waals surface area contributed by atoms with Gasteiger partial charge in [0.05, 0.1) is 0 Å². The van der Waals surface area contributed by atoms with Crippen LogP contribution in [0.3, 0.4) is 0 Å². The van der Waals surface area contributed by atoms with Gasteiger partial charge >= 0.3 is 21.7 Å². The molecule has 17 heavy (non-hydrogen) atoms. The van der Waals surface area contributed by atoms with Crippen molar-refractivity contribution in [2.75, 3.05) is 0 Å². The first-order chi connectivity index (χ1) is 7.41. The van der Waals surface area contributed by atoms with Gasteiger partial charge < -0.3 is 0 Å². The molecular weight excluding hydrogens is 240 g/mol. The molecule has 90 valence electrons. The molecule has 0 aromatic heterocycles. The van der Waals surface area contributed by atoms with Gasteiger partial charge in [-0.25, -0.2) is 24.3 Å². The van der Waals surface area contributed by atoms with Crippen molar-refractivity contribution >= 4 is 0 Å². The number of hydrogen-bond acceptors (Lipinski definition) is 0. The minimum Gasteiger partial charge on any atom is -0.269 e. The normalized spacial score (nSPS) is 22.4. The molecule has 0 aromatic rings. The second kappa shape index (κ2) is 7.18. The summed E-state index contributed by atoms with van der Waals surface area (Å²) in [6.45, 7) is 8.75. The van der Waals surface area contributed by atoms with Crippen LogP contribution in [0.15, 0.2) is 36.5 Å². The smallest absolute Gasteiger partial charge is 0.269 e. The minimum atomic E-state index is 0. The maximum atomic E-state index is 3.25. The molecule has 0 atom stereocenters. The van der Waals surface area contributed by atoms with Crippen LogP contribution in [0.2, 0.25) is 0 Å². The van der Waals surface area contributed by atoms with Gasteiger partial charge in [0.15, 0.2) is 0 Å². The zero-order valence-electron chi connectivity index (χ0n) is 11.4. The molecule has 0 aromatic carbocycles. The first kappa shape index (κ1) is 16.7. The Morgan fingerprint density at radius 1 is 0.765 bits per heavy atom. The molecule has 0 bridgehead atoms. The Morgan fingerprint density at radius 3 is 1.24 bits per heavy atom. The maximum absolute atomic E-state index is 3.25. The Bertz CT molecular complexity index is 293. The summed E-state index contributed by atoms with van der Waals surface area (Å²) in [5.74, 6) is 0. The fourth-order valence-electron chi connectivity index (χ4n) is 1.53. The van der Waals surface area contributed by atoms with E-state index in [4.69, 9.17) is 0 Å². The Kier molecular flexibility index (Phi) is 7.05. The third-order valence-corrected chi connectivity index (χ3v) is 2.67. The van der Waals surface area contributed by atoms with Gasteiger partial charge in [0, 0.05) is 0 Å². The molecule has 0 radical (unpaired) electrons. The number of rotatable bonds is 0. The van der Waals surface area contributed by atoms with Crippen LogP contribution in [-0.2, 0) is 21.7 Å². The van der Waals surface area contributed by atoms with Gasteiger partial charge in [0.2, 0.25) is 0 Å². The van der Waals surface area contributed by atoms with Crippen LogP contribution in [0.5, 0.6) is 0 Å². The van der Waals surface area contributed by atoms with Crippen LogP contribution >= 0.6 is 0 Å². The monoisotopic (exact) mass is 262 g/mol. The van der Waals surface area contributed by atoms with Crippen LogP contribution in [0, 0.1) is 23.0 Å². The quantitative estimate of drug-likeness (QED) is 0.440. The number of hydrogen-bond donors (Lipinski definition) is 0. The summed E-state index contributed by atoms with van der Waals surface area (Å²) in [6, 6.07) is 0. The summed E-state index contributed by atoms with van der Waals surface area (Å²) in [6.07, 6.45) is 21.2. The molecule has 0 amide bonds. The summed E-state index contributed by atoms with van der Waals surface area (Å²) in [5, 5.41) is 0. The average molecular weight is 262 g/mol. The molecule has 0 nitrogen and oxygen atoms in total. The predicted octanol–water partition coefficient (Wildman–Crippen LogP) is 4.66. The zero-order chi connectivity index (χ0) is 12.1. The van der Waals surface area contributed by atoms with Gasteiger partial charge in [-0.15, -0.1) is 0 Å². The van der Waals surface area contributed by atoms with E-state index in [2.05, 4.69) is 52.0 Å². The van der Waals surface area contributed by atoms with Gasteiger partial charge in [-0.2, -0.15) is 12.2 Å². The molecule has 0 heterocycles. The zero-order valence-corrected chi connectivity index (χ0v) is 12.9. The van der Waals surface area contributed by atoms with E-state index in [1.54, 1.807) is 0 Å². The van der Waals surface area contributed by atoms with Crippen molar-refractivity contribution < 1.29 is 21.7 Å². The third kappa shape index (κ3) is 7.57. The van der Waals surface area contributed by atoms with E-state index < -0.39 is 0 Å². The molecule has 0 spiro atoms. The van der Waals surface area contributed by atoms with Gasteiger partial charge in [-0.3, -0.25) is 12.2 Å². The molecule has 2 rings (SSSR count). The molecule has 0 unspecified atom stereocenters. The van der Waals surface area contributed by atoms with Crippen molar-refractivity contribution in [2.45, 2.75) is 40.5 Å². The summed E-state index contributed by atoms with van der Waals surface area (Å²) < 4.78 is 0. The van der Waals surface area contributed by atoms with Crippen LogP contribution in [-0.4, -0.2) is 0 Å². The van der Waals surface area contributed by atoms with E-state index in [0.717, 1.165) is 12.8 Å². The van der Waals surface area contributed by atoms with Crippen LogP contribution in [0.4, 0.5) is 0 Å². The summed E-state index contributed by atoms with van der Waals surface area (Å²) in [4.78, 5) is 0. The van der Waals surface area contributed by atoms with E-state index in [1.165, 1.54) is 0 Å². The van der Waals surface area contributed by atoms with E-state index in [1.807, 2.05) is 24.3 Å². The predicted molar refractivity (Wildman–Crippen MR) is 70.7 cm³/mol. The Labute approximate surface area is 121 Å². The molecule has 1 heteroatoms. The number of allylic oxidation sites excluding steroid dienone is 8. The molecule has 0 N–H and O–H groups in total. The van der Waals surface area contributed by atoms with E-state index >= 15 is 0 Å². The fraction of sp³-hybridized carbons (Fsp3) is 0.500. The van der Waals surface area contributed by atoms with Gasteiger partial charge in [0.1, 0.15) is 0 Å². The largest absolute Gasteiger partial charge is 2.00 e. The average Bonchev–Trinajstić information content (AvgIpc) is 2.17. The van der Waals surface area contributed by atoms with Crippen molar-refractivity contribution in [1.82, 2.24) is 0 Å². The minimum absolute atomic E-state index is 0. The summed E-state index contributed by atoms with van der Waals surface area (Å²) >= 11 is 0. The summed E-state index contributed by atoms with van der Waals surface area (Å²) in [5.41, 5.74) is 0.573. The second-order valence-corrected chi connectivity index (χ2v) is 5.65. The fourth-order valence-corrected chi connectivity index (χ4v) is 1.53. The summed E-state index contributed by atoms with van der Waals surface area (Å²) in [7, 11) is 0.